The van der Waals surface area contributed by atoms with E-state index in [2.05, 4.69) is 16.4 Å². The second-order valence-electron chi connectivity index (χ2n) is 4.35. The molecule has 3 rings (SSSR count). The van der Waals surface area contributed by atoms with Crippen molar-refractivity contribution in [1.82, 2.24) is 10.3 Å². The van der Waals surface area contributed by atoms with Crippen molar-refractivity contribution in [3.63, 3.8) is 0 Å². The smallest absolute Gasteiger partial charge is 0.212 e. The second kappa shape index (κ2) is 3.42. The molecule has 3 heteroatoms. The number of rotatable bonds is 1. The van der Waals surface area contributed by atoms with E-state index in [1.165, 1.54) is 11.6 Å². The Balaban J connectivity index is 1.87. The fourth-order valence-electron chi connectivity index (χ4n) is 2.56. The first-order valence-corrected chi connectivity index (χ1v) is 5.36. The Morgan fingerprint density at radius 2 is 2.27 bits per heavy atom. The van der Waals surface area contributed by atoms with Gasteiger partial charge >= 0.3 is 0 Å². The van der Waals surface area contributed by atoms with Crippen molar-refractivity contribution in [3.05, 3.63) is 35.9 Å². The van der Waals surface area contributed by atoms with Crippen LogP contribution in [0.25, 0.3) is 5.57 Å². The van der Waals surface area contributed by atoms with Crippen molar-refractivity contribution < 1.29 is 4.39 Å². The summed E-state index contributed by atoms with van der Waals surface area (Å²) in [5.41, 5.74) is 2.41. The van der Waals surface area contributed by atoms with Crippen LogP contribution < -0.4 is 5.32 Å². The highest BCUT2D eigenvalue weighted by molar-refractivity contribution is 5.67. The lowest BCUT2D eigenvalue weighted by molar-refractivity contribution is 0.536. The molecule has 2 atom stereocenters. The number of hydrogen-bond acceptors (Lipinski definition) is 2. The molecule has 2 heterocycles. The Morgan fingerprint density at radius 1 is 1.33 bits per heavy atom. The SMILES string of the molecule is Fc1ccc(C2=C[C@@H]3CNC[C@@H]3C2)cn1. The van der Waals surface area contributed by atoms with E-state index >= 15 is 0 Å². The van der Waals surface area contributed by atoms with Crippen LogP contribution in [0, 0.1) is 17.8 Å². The summed E-state index contributed by atoms with van der Waals surface area (Å²) in [6, 6.07) is 3.26. The normalized spacial score (nSPS) is 29.0. The molecule has 1 aliphatic carbocycles. The molecule has 0 amide bonds. The maximum absolute atomic E-state index is 12.7. The second-order valence-corrected chi connectivity index (χ2v) is 4.35. The van der Waals surface area contributed by atoms with Gasteiger partial charge in [-0.25, -0.2) is 4.98 Å². The third-order valence-corrected chi connectivity index (χ3v) is 3.39. The Kier molecular flexibility index (Phi) is 2.06. The van der Waals surface area contributed by atoms with Crippen LogP contribution in [-0.4, -0.2) is 18.1 Å². The van der Waals surface area contributed by atoms with Crippen molar-refractivity contribution in [2.45, 2.75) is 6.42 Å². The quantitative estimate of drug-likeness (QED) is 0.706. The van der Waals surface area contributed by atoms with Gasteiger partial charge < -0.3 is 5.32 Å². The van der Waals surface area contributed by atoms with E-state index in [0.29, 0.717) is 5.92 Å². The van der Waals surface area contributed by atoms with Gasteiger partial charge in [0.05, 0.1) is 0 Å². The van der Waals surface area contributed by atoms with Crippen LogP contribution in [0.3, 0.4) is 0 Å². The van der Waals surface area contributed by atoms with Gasteiger partial charge in [0.2, 0.25) is 5.95 Å². The molecule has 2 nitrogen and oxygen atoms in total. The van der Waals surface area contributed by atoms with Crippen LogP contribution in [0.15, 0.2) is 24.4 Å². The Labute approximate surface area is 88.2 Å². The van der Waals surface area contributed by atoms with Crippen LogP contribution in [0.1, 0.15) is 12.0 Å². The average Bonchev–Trinajstić information content (AvgIpc) is 2.78. The molecule has 0 unspecified atom stereocenters. The van der Waals surface area contributed by atoms with Crippen molar-refractivity contribution >= 4 is 5.57 Å². The molecule has 1 N–H and O–H groups in total. The van der Waals surface area contributed by atoms with Crippen molar-refractivity contribution in [2.24, 2.45) is 11.8 Å². The molecule has 15 heavy (non-hydrogen) atoms. The summed E-state index contributed by atoms with van der Waals surface area (Å²) in [7, 11) is 0. The highest BCUT2D eigenvalue weighted by atomic mass is 19.1. The number of halogens is 1. The van der Waals surface area contributed by atoms with E-state index in [4.69, 9.17) is 0 Å². The van der Waals surface area contributed by atoms with Crippen molar-refractivity contribution in [2.75, 3.05) is 13.1 Å². The van der Waals surface area contributed by atoms with Crippen LogP contribution in [0.2, 0.25) is 0 Å². The van der Waals surface area contributed by atoms with Gasteiger partial charge in [0, 0.05) is 12.7 Å². The fourth-order valence-corrected chi connectivity index (χ4v) is 2.56. The molecule has 1 aromatic rings. The van der Waals surface area contributed by atoms with Crippen LogP contribution in [0.4, 0.5) is 4.39 Å². The minimum absolute atomic E-state index is 0.404. The molecule has 78 valence electrons. The van der Waals surface area contributed by atoms with Gasteiger partial charge in [-0.3, -0.25) is 0 Å². The minimum Gasteiger partial charge on any atom is -0.316 e. The highest BCUT2D eigenvalue weighted by Gasteiger charge is 2.31. The lowest BCUT2D eigenvalue weighted by Crippen LogP contribution is -2.09. The fraction of sp³-hybridized carbons (Fsp3) is 0.417. The van der Waals surface area contributed by atoms with E-state index in [1.54, 1.807) is 6.20 Å². The summed E-state index contributed by atoms with van der Waals surface area (Å²) in [5.74, 6) is 1.01. The van der Waals surface area contributed by atoms with Gasteiger partial charge in [-0.15, -0.1) is 0 Å². The maximum Gasteiger partial charge on any atom is 0.212 e. The number of nitrogens with zero attached hydrogens (tertiary/aromatic N) is 1. The number of fused-ring (bicyclic) bond motifs is 1. The Morgan fingerprint density at radius 3 is 3.00 bits per heavy atom. The van der Waals surface area contributed by atoms with Gasteiger partial charge in [0.1, 0.15) is 0 Å². The number of aromatic nitrogens is 1. The van der Waals surface area contributed by atoms with E-state index in [0.717, 1.165) is 31.0 Å². The number of allylic oxidation sites excluding steroid dienone is 1. The molecule has 1 aromatic heterocycles. The molecule has 1 fully saturated rings. The first kappa shape index (κ1) is 9.04. The van der Waals surface area contributed by atoms with Crippen molar-refractivity contribution in [1.29, 1.82) is 0 Å². The van der Waals surface area contributed by atoms with E-state index < -0.39 is 5.95 Å². The maximum atomic E-state index is 12.7. The Bertz CT molecular complexity index is 397. The van der Waals surface area contributed by atoms with Crippen LogP contribution >= 0.6 is 0 Å². The minimum atomic E-state index is -0.404. The van der Waals surface area contributed by atoms with Gasteiger partial charge in [0.25, 0.3) is 0 Å². The average molecular weight is 204 g/mol. The van der Waals surface area contributed by atoms with E-state index in [9.17, 15) is 4.39 Å². The predicted molar refractivity (Wildman–Crippen MR) is 56.6 cm³/mol. The largest absolute Gasteiger partial charge is 0.316 e. The molecule has 0 saturated carbocycles. The van der Waals surface area contributed by atoms with E-state index in [1.807, 2.05) is 6.07 Å². The van der Waals surface area contributed by atoms with Gasteiger partial charge in [-0.05, 0) is 48.1 Å². The molecule has 0 bridgehead atoms. The lowest BCUT2D eigenvalue weighted by Gasteiger charge is -2.06. The number of hydrogen-bond donors (Lipinski definition) is 1. The molecule has 0 radical (unpaired) electrons. The van der Waals surface area contributed by atoms with Gasteiger partial charge in [0.15, 0.2) is 0 Å². The molecule has 0 spiro atoms. The first-order chi connectivity index (χ1) is 7.33. The lowest BCUT2D eigenvalue weighted by atomic mass is 9.99. The standard InChI is InChI=1S/C12H13FN2/c13-12-2-1-8(7-15-12)9-3-10-5-14-6-11(10)4-9/h1-3,7,10-11,14H,4-6H2/t10-,11+/m1/s1. The summed E-state index contributed by atoms with van der Waals surface area (Å²) in [5, 5.41) is 3.39. The zero-order chi connectivity index (χ0) is 10.3. The summed E-state index contributed by atoms with van der Waals surface area (Å²) in [6.45, 7) is 2.20. The number of nitrogens with one attached hydrogen (secondary N) is 1. The first-order valence-electron chi connectivity index (χ1n) is 5.36. The summed E-state index contributed by atoms with van der Waals surface area (Å²) >= 11 is 0. The highest BCUT2D eigenvalue weighted by Crippen LogP contribution is 2.37. The van der Waals surface area contributed by atoms with E-state index in [-0.39, 0.29) is 0 Å². The molecule has 1 aliphatic heterocycles. The molecule has 0 aromatic carbocycles. The Hall–Kier alpha value is -1.22. The molecule has 2 aliphatic rings. The molecule has 1 saturated heterocycles. The molecular weight excluding hydrogens is 191 g/mol. The van der Waals surface area contributed by atoms with Crippen LogP contribution in [-0.2, 0) is 0 Å². The summed E-state index contributed by atoms with van der Waals surface area (Å²) < 4.78 is 12.7. The van der Waals surface area contributed by atoms with Gasteiger partial charge in [-0.1, -0.05) is 6.08 Å². The third kappa shape index (κ3) is 1.57. The third-order valence-electron chi connectivity index (χ3n) is 3.39. The van der Waals surface area contributed by atoms with Crippen molar-refractivity contribution in [3.8, 4) is 0 Å². The predicted octanol–water partition coefficient (Wildman–Crippen LogP) is 1.84. The zero-order valence-corrected chi connectivity index (χ0v) is 8.41. The summed E-state index contributed by atoms with van der Waals surface area (Å²) in [6.07, 6.45) is 5.06. The monoisotopic (exact) mass is 204 g/mol. The van der Waals surface area contributed by atoms with Crippen LogP contribution in [0.5, 0.6) is 0 Å². The molecular formula is C12H13FN2. The number of pyridine rings is 1. The topological polar surface area (TPSA) is 24.9 Å². The van der Waals surface area contributed by atoms with Gasteiger partial charge in [-0.2, -0.15) is 4.39 Å². The summed E-state index contributed by atoms with van der Waals surface area (Å²) in [4.78, 5) is 3.69. The zero-order valence-electron chi connectivity index (χ0n) is 8.41.